The molecule has 0 saturated carbocycles. The van der Waals surface area contributed by atoms with Crippen LogP contribution in [0.3, 0.4) is 0 Å². The van der Waals surface area contributed by atoms with E-state index in [0.29, 0.717) is 5.82 Å². The van der Waals surface area contributed by atoms with Crippen molar-refractivity contribution >= 4 is 22.5 Å². The highest BCUT2D eigenvalue weighted by atomic mass is 16.1. The Morgan fingerprint density at radius 1 is 1.03 bits per heavy atom. The Morgan fingerprint density at radius 2 is 1.91 bits per heavy atom. The third kappa shape index (κ3) is 4.50. The second-order valence-corrected chi connectivity index (χ2v) is 8.27. The van der Waals surface area contributed by atoms with Crippen molar-refractivity contribution in [3.8, 4) is 11.1 Å². The van der Waals surface area contributed by atoms with Crippen LogP contribution in [0.1, 0.15) is 18.5 Å². The first-order valence-electron chi connectivity index (χ1n) is 10.8. The summed E-state index contributed by atoms with van der Waals surface area (Å²) in [6.45, 7) is 2.51. The minimum absolute atomic E-state index is 0.00710. The van der Waals surface area contributed by atoms with Gasteiger partial charge in [0.15, 0.2) is 0 Å². The molecular weight excluding hydrogens is 402 g/mol. The molecule has 0 bridgehead atoms. The zero-order valence-corrected chi connectivity index (χ0v) is 18.0. The fraction of sp³-hybridized carbons (Fsp3) is 0.292. The first-order valence-corrected chi connectivity index (χ1v) is 10.8. The number of fused-ring (bicyclic) bond motifs is 1. The molecule has 4 aromatic rings. The summed E-state index contributed by atoms with van der Waals surface area (Å²) in [6, 6.07) is 8.15. The number of carbonyl (C=O) groups is 1. The molecule has 0 aliphatic carbocycles. The number of rotatable bonds is 5. The number of anilines is 1. The second kappa shape index (κ2) is 8.84. The van der Waals surface area contributed by atoms with Crippen LogP contribution in [0.5, 0.6) is 0 Å². The van der Waals surface area contributed by atoms with Gasteiger partial charge in [0.1, 0.15) is 5.82 Å². The van der Waals surface area contributed by atoms with Crippen LogP contribution in [-0.4, -0.2) is 48.6 Å². The van der Waals surface area contributed by atoms with Crippen LogP contribution in [0.25, 0.3) is 21.9 Å². The van der Waals surface area contributed by atoms with Crippen molar-refractivity contribution in [2.75, 3.05) is 18.4 Å². The molecule has 1 N–H and O–H groups in total. The van der Waals surface area contributed by atoms with E-state index < -0.39 is 0 Å². The van der Waals surface area contributed by atoms with Gasteiger partial charge in [-0.1, -0.05) is 12.1 Å². The van der Waals surface area contributed by atoms with E-state index in [1.807, 2.05) is 37.8 Å². The number of likely N-dealkylation sites (tertiary alicyclic amines) is 1. The zero-order valence-electron chi connectivity index (χ0n) is 18.0. The molecule has 0 radical (unpaired) electrons. The molecule has 4 heterocycles. The number of aryl methyl sites for hydroxylation is 1. The average molecular weight is 428 g/mol. The number of amides is 1. The second-order valence-electron chi connectivity index (χ2n) is 8.27. The van der Waals surface area contributed by atoms with E-state index in [2.05, 4.69) is 42.4 Å². The van der Waals surface area contributed by atoms with E-state index in [4.69, 9.17) is 0 Å². The highest BCUT2D eigenvalue weighted by Gasteiger charge is 2.25. The molecule has 1 fully saturated rings. The van der Waals surface area contributed by atoms with Crippen LogP contribution in [0.4, 0.5) is 5.82 Å². The monoisotopic (exact) mass is 427 g/mol. The van der Waals surface area contributed by atoms with Crippen LogP contribution in [-0.2, 0) is 18.4 Å². The number of hydrogen-bond donors (Lipinski definition) is 1. The largest absolute Gasteiger partial charge is 0.310 e. The predicted molar refractivity (Wildman–Crippen MR) is 123 cm³/mol. The predicted octanol–water partition coefficient (Wildman–Crippen LogP) is 3.28. The third-order valence-corrected chi connectivity index (χ3v) is 5.97. The number of hydrogen-bond acceptors (Lipinski definition) is 6. The van der Waals surface area contributed by atoms with Gasteiger partial charge in [0, 0.05) is 61.4 Å². The smallest absolute Gasteiger partial charge is 0.228 e. The number of aromatic nitrogens is 5. The van der Waals surface area contributed by atoms with Gasteiger partial charge < -0.3 is 5.32 Å². The summed E-state index contributed by atoms with van der Waals surface area (Å²) in [5.41, 5.74) is 3.11. The molecule has 5 rings (SSSR count). The van der Waals surface area contributed by atoms with Crippen LogP contribution < -0.4 is 5.32 Å². The van der Waals surface area contributed by atoms with Crippen molar-refractivity contribution in [1.82, 2.24) is 29.6 Å². The van der Waals surface area contributed by atoms with Gasteiger partial charge in [0.05, 0.1) is 11.9 Å². The molecule has 1 aromatic carbocycles. The fourth-order valence-corrected chi connectivity index (χ4v) is 4.18. The molecule has 1 aliphatic heterocycles. The summed E-state index contributed by atoms with van der Waals surface area (Å²) in [7, 11) is 1.91. The third-order valence-electron chi connectivity index (χ3n) is 5.97. The highest BCUT2D eigenvalue weighted by molar-refractivity contribution is 5.95. The van der Waals surface area contributed by atoms with Crippen molar-refractivity contribution < 1.29 is 4.79 Å². The van der Waals surface area contributed by atoms with Crippen molar-refractivity contribution in [2.45, 2.75) is 19.4 Å². The number of nitrogens with one attached hydrogen (secondary N) is 1. The lowest BCUT2D eigenvalue weighted by Crippen LogP contribution is -2.38. The SMILES string of the molecule is Cn1cc(-c2ccc3cnc(NC(=O)C4CCN(Cc5cnccn5)CC4)cc3c2)cn1. The molecule has 8 heteroatoms. The van der Waals surface area contributed by atoms with Crippen LogP contribution in [0, 0.1) is 5.92 Å². The summed E-state index contributed by atoms with van der Waals surface area (Å²) < 4.78 is 1.79. The van der Waals surface area contributed by atoms with Crippen LogP contribution in [0.2, 0.25) is 0 Å². The normalized spacial score (nSPS) is 15.2. The topological polar surface area (TPSA) is 88.8 Å². The number of benzene rings is 1. The fourth-order valence-electron chi connectivity index (χ4n) is 4.18. The molecule has 0 spiro atoms. The minimum atomic E-state index is -0.00710. The van der Waals surface area contributed by atoms with E-state index in [1.165, 1.54) is 0 Å². The first-order chi connectivity index (χ1) is 15.6. The van der Waals surface area contributed by atoms with E-state index in [-0.39, 0.29) is 11.8 Å². The van der Waals surface area contributed by atoms with Crippen molar-refractivity contribution in [3.05, 3.63) is 67.1 Å². The molecule has 0 unspecified atom stereocenters. The minimum Gasteiger partial charge on any atom is -0.310 e. The lowest BCUT2D eigenvalue weighted by Gasteiger charge is -2.30. The Morgan fingerprint density at radius 3 is 2.66 bits per heavy atom. The van der Waals surface area contributed by atoms with Gasteiger partial charge in [0.2, 0.25) is 5.91 Å². The molecule has 3 aromatic heterocycles. The lowest BCUT2D eigenvalue weighted by molar-refractivity contribution is -0.121. The van der Waals surface area contributed by atoms with Gasteiger partial charge >= 0.3 is 0 Å². The molecule has 1 amide bonds. The summed E-state index contributed by atoms with van der Waals surface area (Å²) in [4.78, 5) is 28.1. The van der Waals surface area contributed by atoms with Crippen LogP contribution in [0.15, 0.2) is 61.4 Å². The molecular formula is C24H25N7O. The first kappa shape index (κ1) is 20.3. The standard InChI is InChI=1S/C24H25N7O/c1-30-15-21(13-28-30)18-2-3-19-12-27-23(11-20(19)10-18)29-24(32)17-4-8-31(9-5-17)16-22-14-25-6-7-26-22/h2-3,6-7,10-15,17H,4-5,8-9,16H2,1H3,(H,27,29,32). The van der Waals surface area contributed by atoms with Gasteiger partial charge in [-0.25, -0.2) is 4.98 Å². The molecule has 162 valence electrons. The maximum atomic E-state index is 12.9. The summed E-state index contributed by atoms with van der Waals surface area (Å²) in [5, 5.41) is 9.34. The Labute approximate surface area is 186 Å². The number of nitrogens with zero attached hydrogens (tertiary/aromatic N) is 6. The molecule has 8 nitrogen and oxygen atoms in total. The van der Waals surface area contributed by atoms with Gasteiger partial charge in [-0.15, -0.1) is 0 Å². The summed E-state index contributed by atoms with van der Waals surface area (Å²) in [6.07, 6.45) is 12.5. The van der Waals surface area contributed by atoms with Gasteiger partial charge in [-0.05, 0) is 49.0 Å². The molecule has 1 saturated heterocycles. The molecule has 32 heavy (non-hydrogen) atoms. The lowest BCUT2D eigenvalue weighted by atomic mass is 9.96. The molecule has 0 atom stereocenters. The van der Waals surface area contributed by atoms with E-state index in [0.717, 1.165) is 60.1 Å². The van der Waals surface area contributed by atoms with E-state index >= 15 is 0 Å². The Balaban J connectivity index is 1.22. The highest BCUT2D eigenvalue weighted by Crippen LogP contribution is 2.26. The average Bonchev–Trinajstić information content (AvgIpc) is 3.26. The summed E-state index contributed by atoms with van der Waals surface area (Å²) >= 11 is 0. The maximum absolute atomic E-state index is 12.9. The Bertz CT molecular complexity index is 1230. The Hall–Kier alpha value is -3.65. The van der Waals surface area contributed by atoms with Crippen LogP contribution >= 0.6 is 0 Å². The van der Waals surface area contributed by atoms with E-state index in [9.17, 15) is 4.79 Å². The van der Waals surface area contributed by atoms with Gasteiger partial charge in [-0.2, -0.15) is 5.10 Å². The maximum Gasteiger partial charge on any atom is 0.228 e. The van der Waals surface area contributed by atoms with Gasteiger partial charge in [-0.3, -0.25) is 24.3 Å². The number of piperidine rings is 1. The zero-order chi connectivity index (χ0) is 21.9. The molecule has 1 aliphatic rings. The van der Waals surface area contributed by atoms with Crippen molar-refractivity contribution in [1.29, 1.82) is 0 Å². The Kier molecular flexibility index (Phi) is 5.60. The van der Waals surface area contributed by atoms with Crippen molar-refractivity contribution in [2.24, 2.45) is 13.0 Å². The van der Waals surface area contributed by atoms with Gasteiger partial charge in [0.25, 0.3) is 0 Å². The van der Waals surface area contributed by atoms with Crippen molar-refractivity contribution in [3.63, 3.8) is 0 Å². The number of carbonyl (C=O) groups excluding carboxylic acids is 1. The summed E-state index contributed by atoms with van der Waals surface area (Å²) in [5.74, 6) is 0.625. The quantitative estimate of drug-likeness (QED) is 0.526. The van der Waals surface area contributed by atoms with E-state index in [1.54, 1.807) is 23.3 Å². The number of pyridine rings is 1.